The summed E-state index contributed by atoms with van der Waals surface area (Å²) in [5.74, 6) is 1.13. The predicted molar refractivity (Wildman–Crippen MR) is 117 cm³/mol. The number of nitrogens with zero attached hydrogens (tertiary/aromatic N) is 3. The van der Waals surface area contributed by atoms with Crippen LogP contribution in [0.15, 0.2) is 53.5 Å². The molecule has 1 atom stereocenters. The standard InChI is InChI=1S/C22H26IN3/c1-17-24-21-11-10-19(23)16-20(21)22(18-8-4-2-5-9-18)26(17)15-14-25-12-6-3-7-13-25/h2,4-5,8-11,16,22H,3,6-7,12-15H2,1H3. The van der Waals surface area contributed by atoms with Crippen molar-refractivity contribution in [1.82, 2.24) is 9.80 Å². The van der Waals surface area contributed by atoms with E-state index in [1.54, 1.807) is 0 Å². The summed E-state index contributed by atoms with van der Waals surface area (Å²) >= 11 is 2.41. The first kappa shape index (κ1) is 18.0. The van der Waals surface area contributed by atoms with Crippen LogP contribution in [-0.4, -0.2) is 41.8 Å². The van der Waals surface area contributed by atoms with Crippen molar-refractivity contribution in [2.75, 3.05) is 26.2 Å². The fraction of sp³-hybridized carbons (Fsp3) is 0.409. The molecule has 0 aromatic heterocycles. The summed E-state index contributed by atoms with van der Waals surface area (Å²) in [6.45, 7) is 6.80. The molecule has 2 aliphatic rings. The second-order valence-corrected chi connectivity index (χ2v) is 8.52. The Labute approximate surface area is 170 Å². The molecular formula is C22H26IN3. The SMILES string of the molecule is CC1=Nc2ccc(I)cc2C(c2ccccc2)N1CCN1CCCCC1. The summed E-state index contributed by atoms with van der Waals surface area (Å²) in [5, 5.41) is 0. The van der Waals surface area contributed by atoms with Crippen LogP contribution in [-0.2, 0) is 0 Å². The third kappa shape index (κ3) is 3.81. The Balaban J connectivity index is 1.66. The highest BCUT2D eigenvalue weighted by molar-refractivity contribution is 14.1. The molecule has 26 heavy (non-hydrogen) atoms. The van der Waals surface area contributed by atoms with Gasteiger partial charge in [-0.05, 0) is 79.2 Å². The number of amidine groups is 1. The first-order valence-electron chi connectivity index (χ1n) is 9.61. The maximum Gasteiger partial charge on any atom is 0.102 e. The molecule has 4 heteroatoms. The minimum absolute atomic E-state index is 0.253. The summed E-state index contributed by atoms with van der Waals surface area (Å²) in [4.78, 5) is 10.0. The molecule has 2 aromatic rings. The van der Waals surface area contributed by atoms with E-state index in [0.717, 1.165) is 24.6 Å². The Morgan fingerprint density at radius 2 is 1.77 bits per heavy atom. The summed E-state index contributed by atoms with van der Waals surface area (Å²) in [7, 11) is 0. The topological polar surface area (TPSA) is 18.8 Å². The van der Waals surface area contributed by atoms with Gasteiger partial charge in [-0.15, -0.1) is 0 Å². The normalized spacial score (nSPS) is 20.6. The average molecular weight is 459 g/mol. The molecule has 136 valence electrons. The highest BCUT2D eigenvalue weighted by atomic mass is 127. The summed E-state index contributed by atoms with van der Waals surface area (Å²) in [6.07, 6.45) is 4.07. The van der Waals surface area contributed by atoms with Crippen LogP contribution in [0.25, 0.3) is 0 Å². The zero-order chi connectivity index (χ0) is 17.9. The maximum atomic E-state index is 4.93. The summed E-state index contributed by atoms with van der Waals surface area (Å²) in [6, 6.07) is 17.8. The van der Waals surface area contributed by atoms with E-state index in [1.807, 2.05) is 0 Å². The van der Waals surface area contributed by atoms with Gasteiger partial charge in [0.15, 0.2) is 0 Å². The second-order valence-electron chi connectivity index (χ2n) is 7.27. The number of fused-ring (bicyclic) bond motifs is 1. The lowest BCUT2D eigenvalue weighted by Gasteiger charge is -2.39. The number of piperidine rings is 1. The molecule has 2 aromatic carbocycles. The molecule has 2 aliphatic heterocycles. The molecule has 1 saturated heterocycles. The first-order valence-corrected chi connectivity index (χ1v) is 10.7. The van der Waals surface area contributed by atoms with Crippen LogP contribution in [0, 0.1) is 3.57 Å². The third-order valence-corrected chi connectivity index (χ3v) is 6.19. The van der Waals surface area contributed by atoms with Crippen molar-refractivity contribution in [3.63, 3.8) is 0 Å². The van der Waals surface area contributed by atoms with Crippen LogP contribution >= 0.6 is 22.6 Å². The Morgan fingerprint density at radius 3 is 2.54 bits per heavy atom. The van der Waals surface area contributed by atoms with E-state index >= 15 is 0 Å². The van der Waals surface area contributed by atoms with Gasteiger partial charge in [-0.1, -0.05) is 36.8 Å². The predicted octanol–water partition coefficient (Wildman–Crippen LogP) is 5.23. The number of likely N-dealkylation sites (tertiary alicyclic amines) is 1. The zero-order valence-corrected chi connectivity index (χ0v) is 17.5. The molecule has 0 aliphatic carbocycles. The van der Waals surface area contributed by atoms with Gasteiger partial charge in [0.25, 0.3) is 0 Å². The highest BCUT2D eigenvalue weighted by Crippen LogP contribution is 2.39. The molecule has 0 amide bonds. The number of hydrogen-bond acceptors (Lipinski definition) is 3. The van der Waals surface area contributed by atoms with E-state index in [9.17, 15) is 0 Å². The lowest BCUT2D eigenvalue weighted by molar-refractivity contribution is 0.201. The molecule has 0 saturated carbocycles. The van der Waals surface area contributed by atoms with Crippen molar-refractivity contribution in [3.05, 3.63) is 63.2 Å². The lowest BCUT2D eigenvalue weighted by atomic mass is 9.94. The molecule has 0 spiro atoms. The average Bonchev–Trinajstić information content (AvgIpc) is 2.68. The molecule has 0 N–H and O–H groups in total. The molecule has 3 nitrogen and oxygen atoms in total. The smallest absolute Gasteiger partial charge is 0.102 e. The Bertz CT molecular complexity index is 781. The first-order chi connectivity index (χ1) is 12.7. The van der Waals surface area contributed by atoms with E-state index in [0.29, 0.717) is 0 Å². The van der Waals surface area contributed by atoms with Crippen LogP contribution in [0.2, 0.25) is 0 Å². The number of rotatable bonds is 4. The van der Waals surface area contributed by atoms with Gasteiger partial charge in [0, 0.05) is 22.2 Å². The van der Waals surface area contributed by atoms with Gasteiger partial charge in [0.1, 0.15) is 5.84 Å². The fourth-order valence-electron chi connectivity index (χ4n) is 4.16. The van der Waals surface area contributed by atoms with Crippen molar-refractivity contribution in [2.45, 2.75) is 32.2 Å². The minimum atomic E-state index is 0.253. The third-order valence-electron chi connectivity index (χ3n) is 5.51. The van der Waals surface area contributed by atoms with Gasteiger partial charge in [-0.3, -0.25) is 0 Å². The highest BCUT2D eigenvalue weighted by Gasteiger charge is 2.29. The van der Waals surface area contributed by atoms with Gasteiger partial charge in [-0.2, -0.15) is 0 Å². The zero-order valence-electron chi connectivity index (χ0n) is 15.4. The molecular weight excluding hydrogens is 433 g/mol. The minimum Gasteiger partial charge on any atom is -0.348 e. The molecule has 4 rings (SSSR count). The number of halogens is 1. The van der Waals surface area contributed by atoms with Crippen LogP contribution in [0.3, 0.4) is 0 Å². The van der Waals surface area contributed by atoms with Crippen molar-refractivity contribution >= 4 is 34.1 Å². The van der Waals surface area contributed by atoms with Gasteiger partial charge >= 0.3 is 0 Å². The molecule has 1 fully saturated rings. The van der Waals surface area contributed by atoms with Crippen LogP contribution < -0.4 is 0 Å². The number of hydrogen-bond donors (Lipinski definition) is 0. The number of benzene rings is 2. The second kappa shape index (κ2) is 8.09. The quantitative estimate of drug-likeness (QED) is 0.583. The van der Waals surface area contributed by atoms with Crippen LogP contribution in [0.1, 0.15) is 43.4 Å². The molecule has 1 unspecified atom stereocenters. The Kier molecular flexibility index (Phi) is 5.60. The summed E-state index contributed by atoms with van der Waals surface area (Å²) in [5.41, 5.74) is 3.79. The van der Waals surface area contributed by atoms with Gasteiger partial charge in [0.05, 0.1) is 11.7 Å². The Morgan fingerprint density at radius 1 is 1.00 bits per heavy atom. The van der Waals surface area contributed by atoms with Gasteiger partial charge < -0.3 is 9.80 Å². The van der Waals surface area contributed by atoms with E-state index in [2.05, 4.69) is 87.8 Å². The van der Waals surface area contributed by atoms with Gasteiger partial charge in [0.2, 0.25) is 0 Å². The Hall–Kier alpha value is -1.40. The molecule has 0 bridgehead atoms. The molecule has 2 heterocycles. The lowest BCUT2D eigenvalue weighted by Crippen LogP contribution is -2.43. The maximum absolute atomic E-state index is 4.93. The van der Waals surface area contributed by atoms with Crippen molar-refractivity contribution in [2.24, 2.45) is 4.99 Å². The largest absolute Gasteiger partial charge is 0.348 e. The summed E-state index contributed by atoms with van der Waals surface area (Å²) < 4.78 is 1.27. The van der Waals surface area contributed by atoms with Crippen LogP contribution in [0.5, 0.6) is 0 Å². The fourth-order valence-corrected chi connectivity index (χ4v) is 4.67. The van der Waals surface area contributed by atoms with Crippen LogP contribution in [0.4, 0.5) is 5.69 Å². The van der Waals surface area contributed by atoms with Crippen molar-refractivity contribution in [3.8, 4) is 0 Å². The van der Waals surface area contributed by atoms with E-state index in [1.165, 1.54) is 47.0 Å². The number of aliphatic imine (C=N–C) groups is 1. The van der Waals surface area contributed by atoms with Crippen molar-refractivity contribution < 1.29 is 0 Å². The van der Waals surface area contributed by atoms with E-state index < -0.39 is 0 Å². The van der Waals surface area contributed by atoms with Crippen molar-refractivity contribution in [1.29, 1.82) is 0 Å². The van der Waals surface area contributed by atoms with E-state index in [-0.39, 0.29) is 6.04 Å². The van der Waals surface area contributed by atoms with Gasteiger partial charge in [-0.25, -0.2) is 4.99 Å². The molecule has 0 radical (unpaired) electrons. The van der Waals surface area contributed by atoms with E-state index in [4.69, 9.17) is 4.99 Å². The monoisotopic (exact) mass is 459 g/mol.